The molecule has 1 unspecified atom stereocenters. The third kappa shape index (κ3) is 2.47. The lowest BCUT2D eigenvalue weighted by Gasteiger charge is -2.20. The molecule has 1 saturated heterocycles. The molecule has 0 aliphatic carbocycles. The van der Waals surface area contributed by atoms with Crippen LogP contribution >= 0.6 is 47.8 Å². The predicted molar refractivity (Wildman–Crippen MR) is 81.0 cm³/mol. The van der Waals surface area contributed by atoms with Crippen LogP contribution in [-0.4, -0.2) is 17.3 Å². The van der Waals surface area contributed by atoms with Crippen molar-refractivity contribution in [3.05, 3.63) is 26.1 Å². The zero-order chi connectivity index (χ0) is 12.7. The fourth-order valence-corrected chi connectivity index (χ4v) is 3.68. The summed E-state index contributed by atoms with van der Waals surface area (Å²) in [4.78, 5) is 14.0. The van der Waals surface area contributed by atoms with Crippen LogP contribution in [0.5, 0.6) is 0 Å². The summed E-state index contributed by atoms with van der Waals surface area (Å²) < 4.78 is 2.08. The van der Waals surface area contributed by atoms with E-state index >= 15 is 0 Å². The van der Waals surface area contributed by atoms with Crippen LogP contribution in [0, 0.1) is 13.8 Å². The highest BCUT2D eigenvalue weighted by Crippen LogP contribution is 2.38. The average molecular weight is 426 g/mol. The first-order valence-electron chi connectivity index (χ1n) is 5.31. The molecule has 0 bridgehead atoms. The lowest BCUT2D eigenvalue weighted by molar-refractivity contribution is -0.117. The SMILES string of the molecule is Cc1cc(N2CC(Br)CC2=O)c(Br)c(C)c1Br. The van der Waals surface area contributed by atoms with Crippen LogP contribution in [0.25, 0.3) is 0 Å². The van der Waals surface area contributed by atoms with Gasteiger partial charge in [0.15, 0.2) is 0 Å². The summed E-state index contributed by atoms with van der Waals surface area (Å²) in [5, 5.41) is 0. The molecule has 1 aliphatic heterocycles. The van der Waals surface area contributed by atoms with Crippen molar-refractivity contribution in [2.24, 2.45) is 0 Å². The number of rotatable bonds is 1. The Balaban J connectivity index is 2.50. The Kier molecular flexibility index (Phi) is 4.00. The molecule has 0 saturated carbocycles. The number of anilines is 1. The molecule has 17 heavy (non-hydrogen) atoms. The van der Waals surface area contributed by atoms with Gasteiger partial charge >= 0.3 is 0 Å². The van der Waals surface area contributed by atoms with E-state index in [-0.39, 0.29) is 10.7 Å². The Morgan fingerprint density at radius 3 is 2.47 bits per heavy atom. The Morgan fingerprint density at radius 1 is 1.29 bits per heavy atom. The predicted octanol–water partition coefficient (Wildman–Crippen LogP) is 4.33. The van der Waals surface area contributed by atoms with Gasteiger partial charge in [0, 0.05) is 26.7 Å². The summed E-state index contributed by atoms with van der Waals surface area (Å²) in [5.41, 5.74) is 3.24. The molecule has 0 radical (unpaired) electrons. The molecule has 0 spiro atoms. The van der Waals surface area contributed by atoms with Gasteiger partial charge in [0.2, 0.25) is 5.91 Å². The van der Waals surface area contributed by atoms with E-state index in [2.05, 4.69) is 47.8 Å². The van der Waals surface area contributed by atoms with Gasteiger partial charge in [-0.05, 0) is 47.0 Å². The molecule has 92 valence electrons. The molecular weight excluding hydrogens is 414 g/mol. The minimum atomic E-state index is 0.175. The van der Waals surface area contributed by atoms with Crippen LogP contribution in [0.1, 0.15) is 17.5 Å². The van der Waals surface area contributed by atoms with Crippen LogP contribution in [0.2, 0.25) is 0 Å². The van der Waals surface area contributed by atoms with Crippen molar-refractivity contribution >= 4 is 59.4 Å². The second-order valence-electron chi connectivity index (χ2n) is 4.27. The first-order valence-corrected chi connectivity index (χ1v) is 7.81. The smallest absolute Gasteiger partial charge is 0.228 e. The van der Waals surface area contributed by atoms with Gasteiger partial charge in [0.1, 0.15) is 0 Å². The molecule has 5 heteroatoms. The van der Waals surface area contributed by atoms with Gasteiger partial charge in [-0.2, -0.15) is 0 Å². The lowest BCUT2D eigenvalue weighted by Crippen LogP contribution is -2.25. The van der Waals surface area contributed by atoms with Gasteiger partial charge < -0.3 is 4.90 Å². The minimum Gasteiger partial charge on any atom is -0.310 e. The van der Waals surface area contributed by atoms with Crippen molar-refractivity contribution < 1.29 is 4.79 Å². The third-order valence-electron chi connectivity index (χ3n) is 2.95. The number of aryl methyl sites for hydroxylation is 1. The van der Waals surface area contributed by atoms with Crippen LogP contribution in [-0.2, 0) is 4.79 Å². The summed E-state index contributed by atoms with van der Waals surface area (Å²) in [7, 11) is 0. The first kappa shape index (κ1) is 13.6. The monoisotopic (exact) mass is 423 g/mol. The zero-order valence-corrected chi connectivity index (χ0v) is 14.3. The quantitative estimate of drug-likeness (QED) is 0.613. The van der Waals surface area contributed by atoms with Crippen molar-refractivity contribution in [3.63, 3.8) is 0 Å². The van der Waals surface area contributed by atoms with E-state index in [1.54, 1.807) is 0 Å². The molecule has 1 heterocycles. The second kappa shape index (κ2) is 5.02. The number of benzene rings is 1. The Bertz CT molecular complexity index is 487. The summed E-state index contributed by atoms with van der Waals surface area (Å²) in [6, 6.07) is 2.05. The molecule has 0 aromatic heterocycles. The molecule has 0 N–H and O–H groups in total. The van der Waals surface area contributed by atoms with E-state index in [4.69, 9.17) is 0 Å². The van der Waals surface area contributed by atoms with Crippen molar-refractivity contribution in [2.45, 2.75) is 25.1 Å². The largest absolute Gasteiger partial charge is 0.310 e. The van der Waals surface area contributed by atoms with Crippen molar-refractivity contribution in [2.75, 3.05) is 11.4 Å². The molecule has 2 rings (SSSR count). The van der Waals surface area contributed by atoms with E-state index in [1.807, 2.05) is 24.8 Å². The van der Waals surface area contributed by atoms with Gasteiger partial charge in [-0.25, -0.2) is 0 Å². The molecule has 1 aromatic rings. The van der Waals surface area contributed by atoms with E-state index in [0.717, 1.165) is 32.3 Å². The van der Waals surface area contributed by atoms with E-state index in [9.17, 15) is 4.79 Å². The Morgan fingerprint density at radius 2 is 1.94 bits per heavy atom. The van der Waals surface area contributed by atoms with Crippen LogP contribution in [0.4, 0.5) is 5.69 Å². The lowest BCUT2D eigenvalue weighted by atomic mass is 10.1. The highest BCUT2D eigenvalue weighted by atomic mass is 79.9. The van der Waals surface area contributed by atoms with Gasteiger partial charge in [-0.3, -0.25) is 4.79 Å². The molecule has 1 aromatic carbocycles. The average Bonchev–Trinajstić information content (AvgIpc) is 2.60. The highest BCUT2D eigenvalue weighted by Gasteiger charge is 2.30. The number of nitrogens with zero attached hydrogens (tertiary/aromatic N) is 1. The number of halogens is 3. The van der Waals surface area contributed by atoms with Gasteiger partial charge in [-0.15, -0.1) is 0 Å². The summed E-state index contributed by atoms with van der Waals surface area (Å²) in [6.07, 6.45) is 0.570. The highest BCUT2D eigenvalue weighted by molar-refractivity contribution is 9.11. The first-order chi connectivity index (χ1) is 7.91. The number of carbonyl (C=O) groups excluding carboxylic acids is 1. The van der Waals surface area contributed by atoms with Crippen molar-refractivity contribution in [3.8, 4) is 0 Å². The molecule has 2 nitrogen and oxygen atoms in total. The van der Waals surface area contributed by atoms with Crippen molar-refractivity contribution in [1.29, 1.82) is 0 Å². The van der Waals surface area contributed by atoms with E-state index < -0.39 is 0 Å². The molecule has 1 amide bonds. The normalized spacial score (nSPS) is 20.2. The molecular formula is C12H12Br3NO. The number of amides is 1. The second-order valence-corrected chi connectivity index (χ2v) is 7.15. The van der Waals surface area contributed by atoms with Gasteiger partial charge in [0.05, 0.1) is 5.69 Å². The minimum absolute atomic E-state index is 0.175. The summed E-state index contributed by atoms with van der Waals surface area (Å²) >= 11 is 10.6. The Hall–Kier alpha value is 0.130. The number of carbonyl (C=O) groups is 1. The number of hydrogen-bond acceptors (Lipinski definition) is 1. The maximum Gasteiger partial charge on any atom is 0.228 e. The zero-order valence-electron chi connectivity index (χ0n) is 9.56. The molecule has 1 aliphatic rings. The third-order valence-corrected chi connectivity index (χ3v) is 5.79. The fraction of sp³-hybridized carbons (Fsp3) is 0.417. The summed E-state index contributed by atoms with van der Waals surface area (Å²) in [6.45, 7) is 4.81. The molecule has 1 fully saturated rings. The number of hydrogen-bond donors (Lipinski definition) is 0. The molecule has 1 atom stereocenters. The topological polar surface area (TPSA) is 20.3 Å². The Labute approximate surface area is 126 Å². The van der Waals surface area contributed by atoms with Gasteiger partial charge in [0.25, 0.3) is 0 Å². The van der Waals surface area contributed by atoms with Crippen LogP contribution in [0.15, 0.2) is 15.0 Å². The number of alkyl halides is 1. The standard InChI is InChI=1S/C12H12Br3NO/c1-6-3-9(12(15)7(2)11(6)14)16-5-8(13)4-10(16)17/h3,8H,4-5H2,1-2H3. The maximum atomic E-state index is 11.9. The maximum absolute atomic E-state index is 11.9. The fourth-order valence-electron chi connectivity index (χ4n) is 2.01. The van der Waals surface area contributed by atoms with Gasteiger partial charge in [-0.1, -0.05) is 31.9 Å². The van der Waals surface area contributed by atoms with E-state index in [0.29, 0.717) is 6.42 Å². The van der Waals surface area contributed by atoms with E-state index in [1.165, 1.54) is 0 Å². The van der Waals surface area contributed by atoms with Crippen LogP contribution < -0.4 is 4.90 Å². The summed E-state index contributed by atoms with van der Waals surface area (Å²) in [5.74, 6) is 0.175. The van der Waals surface area contributed by atoms with Crippen molar-refractivity contribution in [1.82, 2.24) is 0 Å². The van der Waals surface area contributed by atoms with Crippen LogP contribution in [0.3, 0.4) is 0 Å².